The maximum atomic E-state index is 12.1. The number of rotatable bonds is 20. The quantitative estimate of drug-likeness (QED) is 0.0211. The Hall–Kier alpha value is -3.01. The average Bonchev–Trinajstić information content (AvgIpc) is 3.29. The van der Waals surface area contributed by atoms with Gasteiger partial charge in [0.05, 0.1) is 40.2 Å². The van der Waals surface area contributed by atoms with E-state index < -0.39 is 126 Å². The predicted molar refractivity (Wildman–Crippen MR) is 332 cm³/mol. The van der Waals surface area contributed by atoms with Crippen molar-refractivity contribution in [3.05, 3.63) is 104 Å². The number of hydrogen-bond acceptors (Lipinski definition) is 22. The zero-order valence-electron chi connectivity index (χ0n) is 41.1. The topological polar surface area (TPSA) is 414 Å². The van der Waals surface area contributed by atoms with E-state index in [0.717, 1.165) is 10.7 Å². The first-order valence-corrected chi connectivity index (χ1v) is 33.9. The van der Waals surface area contributed by atoms with Crippen LogP contribution in [0.1, 0.15) is 62.2 Å². The summed E-state index contributed by atoms with van der Waals surface area (Å²) in [7, 11) is -15.2. The summed E-state index contributed by atoms with van der Waals surface area (Å²) in [5.41, 5.74) is 1.09. The van der Waals surface area contributed by atoms with Crippen molar-refractivity contribution >= 4 is 223 Å². The minimum atomic E-state index is -4.20. The van der Waals surface area contributed by atoms with E-state index in [9.17, 15) is 67.2 Å². The molecular weight excluding hydrogens is 1840 g/mol. The normalized spacial score (nSPS) is 11.0. The fourth-order valence-electron chi connectivity index (χ4n) is 4.90. The molecule has 0 aliphatic rings. The van der Waals surface area contributed by atoms with Gasteiger partial charge in [-0.1, -0.05) is 0 Å². The van der Waals surface area contributed by atoms with Crippen molar-refractivity contribution in [1.82, 2.24) is 0 Å². The van der Waals surface area contributed by atoms with E-state index >= 15 is 0 Å². The summed E-state index contributed by atoms with van der Waals surface area (Å²) in [5, 5.41) is 2.64. The number of hydrogen-bond donors (Lipinski definition) is 5. The minimum Gasteiger partial charge on any atom is -0.496 e. The maximum Gasteiger partial charge on any atom is 0.341 e. The van der Waals surface area contributed by atoms with E-state index in [1.165, 1.54) is 58.2 Å². The van der Waals surface area contributed by atoms with Crippen LogP contribution in [0.5, 0.6) is 17.2 Å². The Balaban J connectivity index is 0.000000535. The summed E-state index contributed by atoms with van der Waals surface area (Å²) in [6, 6.07) is 15.2. The summed E-state index contributed by atoms with van der Waals surface area (Å²) in [5.74, 6) is -6.33. The van der Waals surface area contributed by atoms with Crippen LogP contribution in [0, 0.1) is 21.4 Å². The number of carbonyl (C=O) groups excluding carboxylic acids is 7. The highest BCUT2D eigenvalue weighted by molar-refractivity contribution is 14.1. The Morgan fingerprint density at radius 3 is 1.25 bits per heavy atom. The first-order chi connectivity index (χ1) is 36.7. The van der Waals surface area contributed by atoms with E-state index in [-0.39, 0.29) is 39.7 Å². The van der Waals surface area contributed by atoms with Crippen LogP contribution < -0.4 is 19.5 Å². The molecule has 0 bridgehead atoms. The van der Waals surface area contributed by atoms with E-state index in [2.05, 4.69) is 32.6 Å². The summed E-state index contributed by atoms with van der Waals surface area (Å²) in [6.45, 7) is 1.96. The van der Waals surface area contributed by atoms with Crippen LogP contribution in [-0.2, 0) is 73.8 Å². The molecular formula is C43H43I6NO26S4. The predicted octanol–water partition coefficient (Wildman–Crippen LogP) is 6.37. The first kappa shape index (κ1) is 75.0. The summed E-state index contributed by atoms with van der Waals surface area (Å²) >= 11 is 11.9. The van der Waals surface area contributed by atoms with Crippen molar-refractivity contribution in [2.75, 3.05) is 61.9 Å². The van der Waals surface area contributed by atoms with Crippen molar-refractivity contribution in [2.45, 2.75) is 20.8 Å². The van der Waals surface area contributed by atoms with E-state index in [4.69, 9.17) is 46.6 Å². The number of anilines is 1. The molecule has 0 radical (unpaired) electrons. The van der Waals surface area contributed by atoms with Crippen LogP contribution >= 0.6 is 136 Å². The molecule has 80 heavy (non-hydrogen) atoms. The number of benzene rings is 4. The van der Waals surface area contributed by atoms with Gasteiger partial charge in [0.25, 0.3) is 40.5 Å². The van der Waals surface area contributed by atoms with Crippen LogP contribution in [0.2, 0.25) is 0 Å². The zero-order chi connectivity index (χ0) is 61.5. The number of esters is 6. The van der Waals surface area contributed by atoms with Gasteiger partial charge in [-0.2, -0.15) is 33.7 Å². The second-order valence-electron chi connectivity index (χ2n) is 14.6. The minimum absolute atomic E-state index is 0.00375. The monoisotopic (exact) mass is 1880 g/mol. The third-order valence-corrected chi connectivity index (χ3v) is 16.2. The largest absolute Gasteiger partial charge is 0.496 e. The average molecular weight is 1880 g/mol. The number of ether oxygens (including phenoxy) is 7. The lowest BCUT2D eigenvalue weighted by atomic mass is 10.2. The lowest BCUT2D eigenvalue weighted by Gasteiger charge is -2.14. The van der Waals surface area contributed by atoms with Gasteiger partial charge in [-0.25, -0.2) is 19.2 Å². The number of halogens is 6. The van der Waals surface area contributed by atoms with Crippen LogP contribution in [0.3, 0.4) is 0 Å². The maximum absolute atomic E-state index is 12.1. The highest BCUT2D eigenvalue weighted by atomic mass is 127. The molecule has 0 aliphatic carbocycles. The Labute approximate surface area is 539 Å². The second-order valence-corrected chi connectivity index (χ2v) is 27.9. The Bertz CT molecular complexity index is 3400. The van der Waals surface area contributed by atoms with Gasteiger partial charge >= 0.3 is 35.8 Å². The molecule has 0 spiro atoms. The van der Waals surface area contributed by atoms with Crippen LogP contribution in [-0.4, -0.2) is 150 Å². The van der Waals surface area contributed by atoms with Crippen LogP contribution in [0.4, 0.5) is 5.69 Å². The number of carbonyl (C=O) groups is 7. The van der Waals surface area contributed by atoms with Gasteiger partial charge in [-0.15, -0.1) is 0 Å². The van der Waals surface area contributed by atoms with Gasteiger partial charge in [0, 0.05) is 31.5 Å². The standard InChI is InChI=1S/C11H10I3NO6S.2C11H11IO7S.C10H11IO6S/c1-5(16)15-10-7(13)4-6(12)8(9(10)14)11(17)21-2-3-22(18,19)20;1-7(13)19-10-6-8(12)2-3-9(10)11(14)18-4-5-20(15,16)17;1-7(13)19-10-6-8(2-3-9(10)12)11(14)18-4-5-20(15,16)17;1-16-9-6-7(2-3-8(9)11)10(12)17-4-5-18(13,14)15/h4H,2-3H2,1H3,(H,15,16)(H,18,19,20);2*2-3,6H,4-5H2,1H3,(H,15,16,17);2-3,6H,4-5H2,1H3,(H,13,14,15). The van der Waals surface area contributed by atoms with Crippen molar-refractivity contribution in [1.29, 1.82) is 0 Å². The molecule has 4 aromatic carbocycles. The highest BCUT2D eigenvalue weighted by Crippen LogP contribution is 2.32. The van der Waals surface area contributed by atoms with Crippen LogP contribution in [0.25, 0.3) is 0 Å². The van der Waals surface area contributed by atoms with Gasteiger partial charge < -0.3 is 38.5 Å². The molecule has 0 atom stereocenters. The van der Waals surface area contributed by atoms with Gasteiger partial charge in [0.15, 0.2) is 0 Å². The third kappa shape index (κ3) is 31.6. The van der Waals surface area contributed by atoms with E-state index in [1.807, 2.05) is 113 Å². The van der Waals surface area contributed by atoms with Gasteiger partial charge in [0.2, 0.25) is 5.91 Å². The molecule has 5 N–H and O–H groups in total. The summed E-state index contributed by atoms with van der Waals surface area (Å²) < 4.78 is 156. The molecule has 1 amide bonds. The van der Waals surface area contributed by atoms with Crippen molar-refractivity contribution in [3.8, 4) is 17.2 Å². The molecule has 0 aliphatic heterocycles. The SMILES string of the molecule is CC(=O)Nc1c(I)cc(I)c(C(=O)OCCS(=O)(=O)O)c1I.CC(=O)Oc1cc(C(=O)OCCS(=O)(=O)O)ccc1I.CC(=O)Oc1cc(I)ccc1C(=O)OCCS(=O)(=O)O.COc1cc(C(=O)OCCS(=O)(=O)O)ccc1I. The fourth-order valence-corrected chi connectivity index (χ4v) is 11.6. The smallest absolute Gasteiger partial charge is 0.341 e. The summed E-state index contributed by atoms with van der Waals surface area (Å²) in [4.78, 5) is 80.1. The Kier molecular flexibility index (Phi) is 33.1. The first-order valence-electron chi connectivity index (χ1n) is 21.0. The lowest BCUT2D eigenvalue weighted by Crippen LogP contribution is -2.18. The van der Waals surface area contributed by atoms with Crippen molar-refractivity contribution < 1.29 is 119 Å². The van der Waals surface area contributed by atoms with Crippen LogP contribution in [0.15, 0.2) is 60.7 Å². The lowest BCUT2D eigenvalue weighted by molar-refractivity contribution is -0.132. The molecule has 4 rings (SSSR count). The van der Waals surface area contributed by atoms with Gasteiger partial charge in [0.1, 0.15) is 72.3 Å². The Morgan fingerprint density at radius 2 is 0.850 bits per heavy atom. The molecule has 0 saturated heterocycles. The number of methoxy groups -OCH3 is 1. The molecule has 0 aromatic heterocycles. The molecule has 27 nitrogen and oxygen atoms in total. The molecule has 4 aromatic rings. The van der Waals surface area contributed by atoms with Gasteiger partial charge in [-0.3, -0.25) is 32.6 Å². The highest BCUT2D eigenvalue weighted by Gasteiger charge is 2.23. The van der Waals surface area contributed by atoms with E-state index in [0.29, 0.717) is 22.1 Å². The summed E-state index contributed by atoms with van der Waals surface area (Å²) in [6.07, 6.45) is 0. The van der Waals surface area contributed by atoms with Gasteiger partial charge in [-0.05, 0) is 196 Å². The fraction of sp³-hybridized carbons (Fsp3) is 0.279. The molecule has 442 valence electrons. The second kappa shape index (κ2) is 35.3. The molecule has 37 heteroatoms. The third-order valence-electron chi connectivity index (χ3n) is 8.20. The van der Waals surface area contributed by atoms with Crippen molar-refractivity contribution in [3.63, 3.8) is 0 Å². The number of nitrogens with one attached hydrogen (secondary N) is 1. The molecule has 0 fully saturated rings. The Morgan fingerprint density at radius 1 is 0.463 bits per heavy atom. The molecule has 0 heterocycles. The molecule has 0 saturated carbocycles. The zero-order valence-corrected chi connectivity index (χ0v) is 57.3. The molecule has 0 unspecified atom stereocenters. The van der Waals surface area contributed by atoms with E-state index in [1.54, 1.807) is 30.3 Å². The van der Waals surface area contributed by atoms with Crippen molar-refractivity contribution in [2.24, 2.45) is 0 Å². The number of amides is 1.